The van der Waals surface area contributed by atoms with Gasteiger partial charge < -0.3 is 4.74 Å². The van der Waals surface area contributed by atoms with Crippen LogP contribution in [-0.2, 0) is 0 Å². The maximum atomic E-state index is 12.5. The largest absolute Gasteiger partial charge is 0.457 e. The van der Waals surface area contributed by atoms with Crippen molar-refractivity contribution in [3.8, 4) is 12.1 Å². The van der Waals surface area contributed by atoms with Gasteiger partial charge in [0.1, 0.15) is 11.6 Å². The van der Waals surface area contributed by atoms with Gasteiger partial charge in [-0.1, -0.05) is 23.2 Å². The summed E-state index contributed by atoms with van der Waals surface area (Å²) in [5, 5.41) is 8.11. The lowest BCUT2D eigenvalue weighted by atomic mass is 10.4. The Morgan fingerprint density at radius 1 is 1.38 bits per heavy atom. The number of ether oxygens (including phenoxy) is 1. The van der Waals surface area contributed by atoms with Gasteiger partial charge in [0.2, 0.25) is 0 Å². The van der Waals surface area contributed by atoms with E-state index in [1.165, 1.54) is 0 Å². The normalized spacial score (nSPS) is 11.0. The van der Waals surface area contributed by atoms with E-state index in [4.69, 9.17) is 28.5 Å². The van der Waals surface area contributed by atoms with Gasteiger partial charge in [0.05, 0.1) is 0 Å². The fourth-order valence-corrected chi connectivity index (χ4v) is 1.19. The highest BCUT2D eigenvalue weighted by Gasteiger charge is 2.23. The molecule has 0 saturated heterocycles. The molecule has 0 unspecified atom stereocenters. The van der Waals surface area contributed by atoms with Crippen LogP contribution in [0.1, 0.15) is 12.5 Å². The lowest BCUT2D eigenvalue weighted by Gasteiger charge is -2.10. The van der Waals surface area contributed by atoms with Crippen molar-refractivity contribution in [3.05, 3.63) is 15.9 Å². The van der Waals surface area contributed by atoms with Crippen molar-refractivity contribution in [2.75, 3.05) is 6.61 Å². The number of rotatable bonds is 3. The summed E-state index contributed by atoms with van der Waals surface area (Å²) < 4.78 is 29.5. The van der Waals surface area contributed by atoms with E-state index >= 15 is 0 Å². The molecule has 0 radical (unpaired) electrons. The van der Waals surface area contributed by atoms with Crippen LogP contribution in [0, 0.1) is 11.3 Å². The molecule has 0 aliphatic carbocycles. The first kappa shape index (κ1) is 12.9. The molecule has 4 nitrogen and oxygen atoms in total. The smallest absolute Gasteiger partial charge is 0.319 e. The fourth-order valence-electron chi connectivity index (χ4n) is 0.738. The highest BCUT2D eigenvalue weighted by molar-refractivity contribution is 6.35. The van der Waals surface area contributed by atoms with Crippen molar-refractivity contribution in [3.63, 3.8) is 0 Å². The zero-order valence-electron chi connectivity index (χ0n) is 7.97. The average molecular weight is 268 g/mol. The second kappa shape index (κ2) is 4.76. The summed E-state index contributed by atoms with van der Waals surface area (Å²) in [6.07, 6.45) is 0. The first-order valence-electron chi connectivity index (χ1n) is 3.97. The molecule has 86 valence electrons. The van der Waals surface area contributed by atoms with Crippen molar-refractivity contribution in [1.82, 2.24) is 9.97 Å². The molecule has 0 fully saturated rings. The van der Waals surface area contributed by atoms with Crippen LogP contribution in [0.4, 0.5) is 8.78 Å². The second-order valence-electron chi connectivity index (χ2n) is 2.93. The SMILES string of the molecule is CC(F)(F)COc1nc(Cl)c(C#N)c(Cl)n1. The third kappa shape index (κ3) is 3.43. The van der Waals surface area contributed by atoms with E-state index in [1.807, 2.05) is 0 Å². The highest BCUT2D eigenvalue weighted by atomic mass is 35.5. The van der Waals surface area contributed by atoms with Crippen LogP contribution in [0.3, 0.4) is 0 Å². The first-order valence-corrected chi connectivity index (χ1v) is 4.73. The van der Waals surface area contributed by atoms with Gasteiger partial charge in [-0.25, -0.2) is 8.78 Å². The van der Waals surface area contributed by atoms with E-state index in [1.54, 1.807) is 6.07 Å². The number of hydrogen-bond acceptors (Lipinski definition) is 4. The lowest BCUT2D eigenvalue weighted by molar-refractivity contribution is -0.0256. The Balaban J connectivity index is 2.89. The fraction of sp³-hybridized carbons (Fsp3) is 0.375. The topological polar surface area (TPSA) is 58.8 Å². The van der Waals surface area contributed by atoms with Gasteiger partial charge in [-0.3, -0.25) is 0 Å². The monoisotopic (exact) mass is 267 g/mol. The summed E-state index contributed by atoms with van der Waals surface area (Å²) >= 11 is 11.1. The maximum absolute atomic E-state index is 12.5. The van der Waals surface area contributed by atoms with Gasteiger partial charge in [0.15, 0.2) is 16.9 Å². The number of aromatic nitrogens is 2. The van der Waals surface area contributed by atoms with Gasteiger partial charge in [0, 0.05) is 6.92 Å². The molecule has 8 heteroatoms. The molecule has 16 heavy (non-hydrogen) atoms. The summed E-state index contributed by atoms with van der Waals surface area (Å²) in [7, 11) is 0. The van der Waals surface area contributed by atoms with Gasteiger partial charge in [-0.05, 0) is 0 Å². The molecular formula is C8H5Cl2F2N3O. The van der Waals surface area contributed by atoms with Crippen LogP contribution in [0.25, 0.3) is 0 Å². The summed E-state index contributed by atoms with van der Waals surface area (Å²) in [6, 6.07) is 1.28. The molecule has 0 aliphatic heterocycles. The van der Waals surface area contributed by atoms with E-state index in [2.05, 4.69) is 14.7 Å². The molecule has 0 N–H and O–H groups in total. The molecule has 0 atom stereocenters. The molecule has 0 saturated carbocycles. The number of hydrogen-bond donors (Lipinski definition) is 0. The van der Waals surface area contributed by atoms with E-state index in [-0.39, 0.29) is 15.9 Å². The third-order valence-corrected chi connectivity index (χ3v) is 1.91. The second-order valence-corrected chi connectivity index (χ2v) is 3.65. The van der Waals surface area contributed by atoms with Gasteiger partial charge in [0.25, 0.3) is 5.92 Å². The lowest BCUT2D eigenvalue weighted by Crippen LogP contribution is -2.21. The van der Waals surface area contributed by atoms with Gasteiger partial charge in [-0.2, -0.15) is 15.2 Å². The molecule has 1 heterocycles. The average Bonchev–Trinajstić information content (AvgIpc) is 2.13. The first-order chi connectivity index (χ1) is 7.33. The van der Waals surface area contributed by atoms with E-state index < -0.39 is 18.5 Å². The molecule has 1 rings (SSSR count). The minimum Gasteiger partial charge on any atom is -0.457 e. The molecule has 0 aromatic carbocycles. The summed E-state index contributed by atoms with van der Waals surface area (Å²) in [5.41, 5.74) is -0.126. The Kier molecular flexibility index (Phi) is 3.83. The molecule has 0 amide bonds. The standard InChI is InChI=1S/C8H5Cl2F2N3O/c1-8(11,12)3-16-7-14-5(9)4(2-13)6(10)15-7/h3H2,1H3. The Hall–Kier alpha value is -1.19. The van der Waals surface area contributed by atoms with E-state index in [0.29, 0.717) is 6.92 Å². The summed E-state index contributed by atoms with van der Waals surface area (Å²) in [5.74, 6) is -3.02. The minimum absolute atomic E-state index is 0.126. The van der Waals surface area contributed by atoms with Crippen molar-refractivity contribution in [2.45, 2.75) is 12.8 Å². The van der Waals surface area contributed by atoms with Crippen LogP contribution >= 0.6 is 23.2 Å². The van der Waals surface area contributed by atoms with Crippen LogP contribution in [-0.4, -0.2) is 22.5 Å². The highest BCUT2D eigenvalue weighted by Crippen LogP contribution is 2.23. The molecule has 0 bridgehead atoms. The van der Waals surface area contributed by atoms with Crippen LogP contribution < -0.4 is 4.74 Å². The number of alkyl halides is 2. The quantitative estimate of drug-likeness (QED) is 0.791. The number of nitrogens with zero attached hydrogens (tertiary/aromatic N) is 3. The van der Waals surface area contributed by atoms with Gasteiger partial charge >= 0.3 is 6.01 Å². The Labute approximate surface area is 99.8 Å². The van der Waals surface area contributed by atoms with E-state index in [9.17, 15) is 8.78 Å². The van der Waals surface area contributed by atoms with Crippen molar-refractivity contribution in [2.24, 2.45) is 0 Å². The zero-order chi connectivity index (χ0) is 12.3. The molecular weight excluding hydrogens is 263 g/mol. The minimum atomic E-state index is -3.02. The summed E-state index contributed by atoms with van der Waals surface area (Å²) in [4.78, 5) is 7.00. The van der Waals surface area contributed by atoms with Crippen LogP contribution in [0.5, 0.6) is 6.01 Å². The predicted octanol–water partition coefficient (Wildman–Crippen LogP) is 2.69. The number of halogens is 4. The van der Waals surface area contributed by atoms with Crippen LogP contribution in [0.15, 0.2) is 0 Å². The third-order valence-electron chi connectivity index (χ3n) is 1.37. The Bertz CT molecular complexity index is 419. The molecule has 1 aromatic heterocycles. The predicted molar refractivity (Wildman–Crippen MR) is 52.9 cm³/mol. The Morgan fingerprint density at radius 3 is 2.25 bits per heavy atom. The van der Waals surface area contributed by atoms with Gasteiger partial charge in [-0.15, -0.1) is 0 Å². The molecule has 1 aromatic rings. The Morgan fingerprint density at radius 2 is 1.88 bits per heavy atom. The number of nitriles is 1. The van der Waals surface area contributed by atoms with Crippen LogP contribution in [0.2, 0.25) is 10.3 Å². The molecule has 0 aliphatic rings. The van der Waals surface area contributed by atoms with Crippen molar-refractivity contribution < 1.29 is 13.5 Å². The van der Waals surface area contributed by atoms with Crippen molar-refractivity contribution >= 4 is 23.2 Å². The summed E-state index contributed by atoms with van der Waals surface area (Å²) in [6.45, 7) is -0.217. The zero-order valence-corrected chi connectivity index (χ0v) is 9.48. The molecule has 0 spiro atoms. The van der Waals surface area contributed by atoms with Crippen molar-refractivity contribution in [1.29, 1.82) is 5.26 Å². The maximum Gasteiger partial charge on any atom is 0.319 e. The van der Waals surface area contributed by atoms with E-state index in [0.717, 1.165) is 0 Å².